The predicted molar refractivity (Wildman–Crippen MR) is 295 cm³/mol. The summed E-state index contributed by atoms with van der Waals surface area (Å²) in [4.78, 5) is 0. The lowest BCUT2D eigenvalue weighted by molar-refractivity contribution is 1.17. The highest BCUT2D eigenvalue weighted by Crippen LogP contribution is 2.42. The van der Waals surface area contributed by atoms with Crippen molar-refractivity contribution in [2.24, 2.45) is 0 Å². The van der Waals surface area contributed by atoms with Crippen molar-refractivity contribution in [2.75, 3.05) is 0 Å². The minimum absolute atomic E-state index is 1.13. The maximum absolute atomic E-state index is 3.03. The standard InChI is InChI=1S/C66H46N2Si/c1-6-23-47(24-7-1)50-29-20-34-54(45-50)69(52-30-12-4-13-31-52,53-32-14-5-15-33-53)64-42-22-41-63-65(64)58-36-17-19-40-61(58)67(63)51-43-44-62-59(46-51)57-35-16-18-39-60(57)68(62)66-55(48-25-8-2-9-26-48)37-21-38-56(66)49-27-10-3-11-28-49/h1-46H. The molecule has 0 bridgehead atoms. The van der Waals surface area contributed by atoms with E-state index in [2.05, 4.69) is 288 Å². The molecule has 0 spiro atoms. The van der Waals surface area contributed by atoms with Crippen LogP contribution in [0.1, 0.15) is 0 Å². The molecule has 0 aliphatic rings. The first kappa shape index (κ1) is 40.5. The van der Waals surface area contributed by atoms with Gasteiger partial charge in [-0.05, 0) is 79.4 Å². The zero-order valence-corrected chi connectivity index (χ0v) is 39.0. The first-order valence-corrected chi connectivity index (χ1v) is 25.8. The molecule has 13 rings (SSSR count). The molecule has 0 N–H and O–H groups in total. The molecule has 2 aromatic heterocycles. The number of benzene rings is 11. The number of rotatable bonds is 9. The largest absolute Gasteiger partial charge is 0.309 e. The average molecular weight is 895 g/mol. The van der Waals surface area contributed by atoms with Crippen LogP contribution in [0.5, 0.6) is 0 Å². The van der Waals surface area contributed by atoms with E-state index in [4.69, 9.17) is 0 Å². The molecule has 0 aliphatic heterocycles. The van der Waals surface area contributed by atoms with Crippen LogP contribution in [0.25, 0.3) is 88.4 Å². The van der Waals surface area contributed by atoms with E-state index in [-0.39, 0.29) is 0 Å². The fourth-order valence-electron chi connectivity index (χ4n) is 11.3. The molecule has 0 unspecified atom stereocenters. The lowest BCUT2D eigenvalue weighted by Gasteiger charge is -2.35. The highest BCUT2D eigenvalue weighted by atomic mass is 28.3. The van der Waals surface area contributed by atoms with Crippen molar-refractivity contribution in [3.63, 3.8) is 0 Å². The minimum Gasteiger partial charge on any atom is -0.309 e. The summed E-state index contributed by atoms with van der Waals surface area (Å²) in [6.07, 6.45) is 0. The highest BCUT2D eigenvalue weighted by molar-refractivity contribution is 7.20. The molecule has 0 aliphatic carbocycles. The van der Waals surface area contributed by atoms with Gasteiger partial charge in [0.25, 0.3) is 0 Å². The number of para-hydroxylation sites is 3. The molecule has 13 aromatic rings. The molecule has 11 aromatic carbocycles. The second kappa shape index (κ2) is 16.8. The predicted octanol–water partition coefficient (Wildman–Crippen LogP) is 14.3. The van der Waals surface area contributed by atoms with Crippen LogP contribution in [0, 0.1) is 0 Å². The van der Waals surface area contributed by atoms with Crippen molar-refractivity contribution in [3.8, 4) is 44.8 Å². The Hall–Kier alpha value is -8.76. The number of nitrogens with zero attached hydrogens (tertiary/aromatic N) is 2. The molecule has 0 amide bonds. The molecule has 0 saturated heterocycles. The van der Waals surface area contributed by atoms with Gasteiger partial charge in [0.1, 0.15) is 0 Å². The third-order valence-electron chi connectivity index (χ3n) is 14.3. The van der Waals surface area contributed by atoms with E-state index in [0.717, 1.165) is 5.69 Å². The molecule has 0 saturated carbocycles. The molecule has 0 atom stereocenters. The van der Waals surface area contributed by atoms with Gasteiger partial charge in [0.05, 0.1) is 27.8 Å². The van der Waals surface area contributed by atoms with Crippen LogP contribution in [0.4, 0.5) is 0 Å². The Morgan fingerprint density at radius 3 is 1.33 bits per heavy atom. The van der Waals surface area contributed by atoms with E-state index in [1.165, 1.54) is 103 Å². The fraction of sp³-hybridized carbons (Fsp3) is 0. The summed E-state index contributed by atoms with van der Waals surface area (Å²) in [5, 5.41) is 10.4. The van der Waals surface area contributed by atoms with Crippen molar-refractivity contribution >= 4 is 72.4 Å². The summed E-state index contributed by atoms with van der Waals surface area (Å²) >= 11 is 0. The van der Waals surface area contributed by atoms with Gasteiger partial charge in [0, 0.05) is 38.4 Å². The summed E-state index contributed by atoms with van der Waals surface area (Å²) in [7, 11) is -3.03. The van der Waals surface area contributed by atoms with E-state index >= 15 is 0 Å². The molecule has 3 heteroatoms. The van der Waals surface area contributed by atoms with Gasteiger partial charge in [-0.25, -0.2) is 0 Å². The van der Waals surface area contributed by atoms with Crippen LogP contribution >= 0.6 is 0 Å². The van der Waals surface area contributed by atoms with Gasteiger partial charge in [-0.1, -0.05) is 243 Å². The lowest BCUT2D eigenvalue weighted by atomic mass is 9.95. The van der Waals surface area contributed by atoms with Gasteiger partial charge in [-0.3, -0.25) is 0 Å². The second-order valence-corrected chi connectivity index (χ2v) is 21.7. The van der Waals surface area contributed by atoms with Crippen molar-refractivity contribution in [3.05, 3.63) is 279 Å². The third-order valence-corrected chi connectivity index (χ3v) is 19.1. The Bertz CT molecular complexity index is 3890. The number of fused-ring (bicyclic) bond motifs is 6. The van der Waals surface area contributed by atoms with Crippen LogP contribution in [-0.4, -0.2) is 17.2 Å². The Morgan fingerprint density at radius 2 is 0.710 bits per heavy atom. The van der Waals surface area contributed by atoms with Gasteiger partial charge in [-0.2, -0.15) is 0 Å². The van der Waals surface area contributed by atoms with Gasteiger partial charge in [0.15, 0.2) is 8.07 Å². The molecule has 69 heavy (non-hydrogen) atoms. The summed E-state index contributed by atoms with van der Waals surface area (Å²) in [6.45, 7) is 0. The molecule has 0 radical (unpaired) electrons. The SMILES string of the molecule is c1ccc(-c2cccc([Si](c3ccccc3)(c3ccccc3)c3cccc4c3c3ccccc3n4-c3ccc4c(c3)c3ccccc3n4-c3c(-c4ccccc4)cccc3-c3ccccc3)c2)cc1. The van der Waals surface area contributed by atoms with E-state index in [0.29, 0.717) is 0 Å². The van der Waals surface area contributed by atoms with Crippen LogP contribution in [-0.2, 0) is 0 Å². The van der Waals surface area contributed by atoms with Crippen LogP contribution in [0.2, 0.25) is 0 Å². The number of hydrogen-bond acceptors (Lipinski definition) is 0. The van der Waals surface area contributed by atoms with Crippen LogP contribution in [0.3, 0.4) is 0 Å². The third kappa shape index (κ3) is 6.54. The number of hydrogen-bond donors (Lipinski definition) is 0. The Labute approximate surface area is 403 Å². The van der Waals surface area contributed by atoms with Gasteiger partial charge in [0.2, 0.25) is 0 Å². The minimum atomic E-state index is -3.03. The average Bonchev–Trinajstić information content (AvgIpc) is 3.95. The second-order valence-electron chi connectivity index (χ2n) is 18.0. The Kier molecular flexibility index (Phi) is 9.88. The summed E-state index contributed by atoms with van der Waals surface area (Å²) in [5.41, 5.74) is 14.2. The van der Waals surface area contributed by atoms with E-state index < -0.39 is 8.07 Å². The zero-order chi connectivity index (χ0) is 45.7. The van der Waals surface area contributed by atoms with Gasteiger partial charge >= 0.3 is 0 Å². The quantitative estimate of drug-likeness (QED) is 0.101. The smallest absolute Gasteiger partial charge is 0.180 e. The van der Waals surface area contributed by atoms with E-state index in [1.54, 1.807) is 0 Å². The fourth-order valence-corrected chi connectivity index (χ4v) is 16.4. The molecular weight excluding hydrogens is 849 g/mol. The van der Waals surface area contributed by atoms with Crippen LogP contribution < -0.4 is 20.7 Å². The maximum atomic E-state index is 2.52. The van der Waals surface area contributed by atoms with Gasteiger partial charge in [-0.15, -0.1) is 0 Å². The topological polar surface area (TPSA) is 9.86 Å². The summed E-state index contributed by atoms with van der Waals surface area (Å²) < 4.78 is 5.02. The molecule has 0 fully saturated rings. The summed E-state index contributed by atoms with van der Waals surface area (Å²) in [6, 6.07) is 103. The maximum Gasteiger partial charge on any atom is 0.180 e. The normalized spacial score (nSPS) is 11.8. The first-order valence-electron chi connectivity index (χ1n) is 23.8. The first-order chi connectivity index (χ1) is 34.3. The molecule has 324 valence electrons. The highest BCUT2D eigenvalue weighted by Gasteiger charge is 2.43. The molecule has 2 nitrogen and oxygen atoms in total. The van der Waals surface area contributed by atoms with E-state index in [9.17, 15) is 0 Å². The van der Waals surface area contributed by atoms with Crippen molar-refractivity contribution < 1.29 is 0 Å². The van der Waals surface area contributed by atoms with E-state index in [1.807, 2.05) is 0 Å². The monoisotopic (exact) mass is 894 g/mol. The zero-order valence-electron chi connectivity index (χ0n) is 38.0. The van der Waals surface area contributed by atoms with Crippen LogP contribution in [0.15, 0.2) is 279 Å². The Balaban J connectivity index is 1.10. The molecule has 2 heterocycles. The van der Waals surface area contributed by atoms with Crippen molar-refractivity contribution in [1.82, 2.24) is 9.13 Å². The van der Waals surface area contributed by atoms with Gasteiger partial charge < -0.3 is 9.13 Å². The Morgan fingerprint density at radius 1 is 0.261 bits per heavy atom. The van der Waals surface area contributed by atoms with Crippen molar-refractivity contribution in [2.45, 2.75) is 0 Å². The number of aromatic nitrogens is 2. The molecular formula is C66H46N2Si. The summed E-state index contributed by atoms with van der Waals surface area (Å²) in [5.74, 6) is 0. The van der Waals surface area contributed by atoms with Crippen molar-refractivity contribution in [1.29, 1.82) is 0 Å². The lowest BCUT2D eigenvalue weighted by Crippen LogP contribution is -2.74.